The Bertz CT molecular complexity index is 1120. The lowest BCUT2D eigenvalue weighted by Crippen LogP contribution is -2.20. The molecule has 0 radical (unpaired) electrons. The van der Waals surface area contributed by atoms with Gasteiger partial charge < -0.3 is 4.52 Å². The minimum absolute atomic E-state index is 0.283. The van der Waals surface area contributed by atoms with Gasteiger partial charge in [-0.25, -0.2) is 0 Å². The Morgan fingerprint density at radius 1 is 1.00 bits per heavy atom. The normalized spacial score (nSPS) is 17.4. The van der Waals surface area contributed by atoms with Gasteiger partial charge in [0.15, 0.2) is 0 Å². The fourth-order valence-corrected chi connectivity index (χ4v) is 3.94. The van der Waals surface area contributed by atoms with Crippen LogP contribution < -0.4 is 0 Å². The summed E-state index contributed by atoms with van der Waals surface area (Å²) in [5, 5.41) is 5.40. The number of hydrogen-bond acceptors (Lipinski definition) is 5. The number of pyridine rings is 1. The molecule has 28 heavy (non-hydrogen) atoms. The van der Waals surface area contributed by atoms with Gasteiger partial charge in [0, 0.05) is 24.0 Å². The van der Waals surface area contributed by atoms with Gasteiger partial charge in [0.2, 0.25) is 11.7 Å². The van der Waals surface area contributed by atoms with Crippen molar-refractivity contribution in [1.29, 1.82) is 0 Å². The molecule has 0 unspecified atom stereocenters. The van der Waals surface area contributed by atoms with Crippen molar-refractivity contribution in [3.63, 3.8) is 0 Å². The molecular weight excluding hydrogens is 348 g/mol. The van der Waals surface area contributed by atoms with Crippen LogP contribution in [0.2, 0.25) is 0 Å². The van der Waals surface area contributed by atoms with Crippen molar-refractivity contribution in [1.82, 2.24) is 20.0 Å². The highest BCUT2D eigenvalue weighted by Gasteiger charge is 2.29. The summed E-state index contributed by atoms with van der Waals surface area (Å²) in [7, 11) is 0. The largest absolute Gasteiger partial charge is 0.339 e. The molecule has 1 atom stereocenters. The van der Waals surface area contributed by atoms with E-state index in [2.05, 4.69) is 52.3 Å². The van der Waals surface area contributed by atoms with Crippen LogP contribution in [0.5, 0.6) is 0 Å². The number of aromatic nitrogens is 3. The zero-order valence-electron chi connectivity index (χ0n) is 15.9. The molecule has 2 aromatic heterocycles. The van der Waals surface area contributed by atoms with Crippen LogP contribution >= 0.6 is 0 Å². The molecule has 1 aliphatic rings. The Morgan fingerprint density at radius 2 is 1.86 bits per heavy atom. The number of fused-ring (bicyclic) bond motifs is 1. The highest BCUT2D eigenvalue weighted by molar-refractivity contribution is 5.78. The van der Waals surface area contributed by atoms with Crippen molar-refractivity contribution in [2.45, 2.75) is 25.8 Å². The van der Waals surface area contributed by atoms with Crippen LogP contribution in [0.4, 0.5) is 0 Å². The molecule has 0 aliphatic carbocycles. The second-order valence-electron chi connectivity index (χ2n) is 7.49. The zero-order chi connectivity index (χ0) is 18.9. The Kier molecular flexibility index (Phi) is 4.37. The number of aryl methyl sites for hydroxylation is 1. The summed E-state index contributed by atoms with van der Waals surface area (Å²) in [4.78, 5) is 11.9. The van der Waals surface area contributed by atoms with Crippen LogP contribution in [0.3, 0.4) is 0 Å². The van der Waals surface area contributed by atoms with Crippen molar-refractivity contribution in [3.05, 3.63) is 77.8 Å². The third-order valence-electron chi connectivity index (χ3n) is 5.49. The van der Waals surface area contributed by atoms with Gasteiger partial charge in [0.25, 0.3) is 0 Å². The van der Waals surface area contributed by atoms with Crippen molar-refractivity contribution in [2.75, 3.05) is 13.1 Å². The maximum absolute atomic E-state index is 5.61. The smallest absolute Gasteiger partial charge is 0.231 e. The predicted octanol–water partition coefficient (Wildman–Crippen LogP) is 4.58. The monoisotopic (exact) mass is 370 g/mol. The molecule has 1 aliphatic heterocycles. The van der Waals surface area contributed by atoms with E-state index in [1.165, 1.54) is 5.39 Å². The van der Waals surface area contributed by atoms with E-state index in [1.54, 1.807) is 0 Å². The van der Waals surface area contributed by atoms with E-state index in [4.69, 9.17) is 9.51 Å². The van der Waals surface area contributed by atoms with Crippen LogP contribution in [0, 0.1) is 6.92 Å². The zero-order valence-corrected chi connectivity index (χ0v) is 15.9. The van der Waals surface area contributed by atoms with Gasteiger partial charge in [0.1, 0.15) is 0 Å². The van der Waals surface area contributed by atoms with Crippen molar-refractivity contribution < 1.29 is 4.52 Å². The maximum atomic E-state index is 5.61. The molecule has 2 aromatic carbocycles. The first kappa shape index (κ1) is 17.1. The SMILES string of the molecule is Cc1ccccc1-c1noc([C@@H]2CCN(Cc3ccc4ccccc4n3)C2)n1. The van der Waals surface area contributed by atoms with Crippen molar-refractivity contribution >= 4 is 10.9 Å². The maximum Gasteiger partial charge on any atom is 0.231 e. The summed E-state index contributed by atoms with van der Waals surface area (Å²) in [6.45, 7) is 4.85. The molecule has 0 amide bonds. The number of rotatable bonds is 4. The van der Waals surface area contributed by atoms with Gasteiger partial charge in [-0.3, -0.25) is 9.88 Å². The molecule has 0 spiro atoms. The molecule has 5 rings (SSSR count). The van der Waals surface area contributed by atoms with Crippen molar-refractivity contribution in [3.8, 4) is 11.4 Å². The standard InChI is InChI=1S/C23H22N4O/c1-16-6-2-4-8-20(16)22-25-23(28-26-22)18-12-13-27(14-18)15-19-11-10-17-7-3-5-9-21(17)24-19/h2-11,18H,12-15H2,1H3/t18-/m1/s1. The van der Waals surface area contributed by atoms with Gasteiger partial charge >= 0.3 is 0 Å². The first-order chi connectivity index (χ1) is 13.8. The van der Waals surface area contributed by atoms with Gasteiger partial charge in [-0.15, -0.1) is 0 Å². The summed E-state index contributed by atoms with van der Waals surface area (Å²) < 4.78 is 5.61. The Balaban J connectivity index is 1.29. The Morgan fingerprint density at radius 3 is 2.79 bits per heavy atom. The predicted molar refractivity (Wildman–Crippen MR) is 109 cm³/mol. The lowest BCUT2D eigenvalue weighted by atomic mass is 10.1. The third kappa shape index (κ3) is 3.29. The fourth-order valence-electron chi connectivity index (χ4n) is 3.94. The lowest BCUT2D eigenvalue weighted by Gasteiger charge is -2.14. The van der Waals surface area contributed by atoms with Crippen LogP contribution in [-0.4, -0.2) is 33.1 Å². The second kappa shape index (κ2) is 7.17. The first-order valence-electron chi connectivity index (χ1n) is 9.73. The molecule has 5 nitrogen and oxygen atoms in total. The molecule has 1 fully saturated rings. The molecule has 0 bridgehead atoms. The molecule has 140 valence electrons. The quantitative estimate of drug-likeness (QED) is 0.526. The number of hydrogen-bond donors (Lipinski definition) is 0. The fraction of sp³-hybridized carbons (Fsp3) is 0.261. The highest BCUT2D eigenvalue weighted by atomic mass is 16.5. The highest BCUT2D eigenvalue weighted by Crippen LogP contribution is 2.29. The van der Waals surface area contributed by atoms with Gasteiger partial charge in [-0.05, 0) is 37.6 Å². The number of nitrogens with zero attached hydrogens (tertiary/aromatic N) is 4. The summed E-state index contributed by atoms with van der Waals surface area (Å²) >= 11 is 0. The van der Waals surface area contributed by atoms with E-state index in [9.17, 15) is 0 Å². The Labute approximate surface area is 164 Å². The second-order valence-corrected chi connectivity index (χ2v) is 7.49. The topological polar surface area (TPSA) is 55.1 Å². The van der Waals surface area contributed by atoms with E-state index >= 15 is 0 Å². The minimum Gasteiger partial charge on any atom is -0.339 e. The average molecular weight is 370 g/mol. The van der Waals surface area contributed by atoms with Gasteiger partial charge in [0.05, 0.1) is 17.1 Å². The van der Waals surface area contributed by atoms with E-state index in [0.717, 1.165) is 54.3 Å². The molecule has 5 heteroatoms. The molecule has 0 saturated carbocycles. The van der Waals surface area contributed by atoms with Gasteiger partial charge in [-0.1, -0.05) is 53.7 Å². The van der Waals surface area contributed by atoms with E-state index in [-0.39, 0.29) is 5.92 Å². The van der Waals surface area contributed by atoms with Gasteiger partial charge in [-0.2, -0.15) is 4.98 Å². The van der Waals surface area contributed by atoms with E-state index in [1.807, 2.05) is 30.3 Å². The number of benzene rings is 2. The number of para-hydroxylation sites is 1. The summed E-state index contributed by atoms with van der Waals surface area (Å²) in [5.41, 5.74) is 4.35. The Hall–Kier alpha value is -3.05. The summed E-state index contributed by atoms with van der Waals surface area (Å²) in [6, 6.07) is 20.7. The number of likely N-dealkylation sites (tertiary alicyclic amines) is 1. The van der Waals surface area contributed by atoms with Crippen LogP contribution in [-0.2, 0) is 6.54 Å². The lowest BCUT2D eigenvalue weighted by molar-refractivity contribution is 0.306. The molecule has 3 heterocycles. The van der Waals surface area contributed by atoms with Crippen LogP contribution in [0.1, 0.15) is 29.5 Å². The molecule has 4 aromatic rings. The minimum atomic E-state index is 0.283. The van der Waals surface area contributed by atoms with Crippen molar-refractivity contribution in [2.24, 2.45) is 0 Å². The van der Waals surface area contributed by atoms with Crippen LogP contribution in [0.25, 0.3) is 22.3 Å². The molecular formula is C23H22N4O. The summed E-state index contributed by atoms with van der Waals surface area (Å²) in [5.74, 6) is 1.71. The van der Waals surface area contributed by atoms with E-state index < -0.39 is 0 Å². The van der Waals surface area contributed by atoms with Crippen LogP contribution in [0.15, 0.2) is 65.2 Å². The molecule has 1 saturated heterocycles. The molecule has 0 N–H and O–H groups in total. The third-order valence-corrected chi connectivity index (χ3v) is 5.49. The average Bonchev–Trinajstić information content (AvgIpc) is 3.38. The van der Waals surface area contributed by atoms with E-state index in [0.29, 0.717) is 5.82 Å². The summed E-state index contributed by atoms with van der Waals surface area (Å²) in [6.07, 6.45) is 1.03. The first-order valence-corrected chi connectivity index (χ1v) is 9.73.